The van der Waals surface area contributed by atoms with Crippen LogP contribution >= 0.6 is 12.4 Å². The predicted octanol–water partition coefficient (Wildman–Crippen LogP) is 1.70. The van der Waals surface area contributed by atoms with E-state index < -0.39 is 0 Å². The Morgan fingerprint density at radius 1 is 1.18 bits per heavy atom. The Bertz CT molecular complexity index is 281. The summed E-state index contributed by atoms with van der Waals surface area (Å²) < 4.78 is 0. The van der Waals surface area contributed by atoms with Gasteiger partial charge in [0.15, 0.2) is 0 Å². The molecule has 0 radical (unpaired) electrons. The Hall–Kier alpha value is -0.280. The summed E-state index contributed by atoms with van der Waals surface area (Å²) in [6, 6.07) is 0.199. The molecule has 3 N–H and O–H groups in total. The smallest absolute Gasteiger partial charge is 0.223 e. The van der Waals surface area contributed by atoms with Gasteiger partial charge in [0.1, 0.15) is 0 Å². The lowest BCUT2D eigenvalue weighted by molar-refractivity contribution is -0.122. The van der Waals surface area contributed by atoms with Crippen molar-refractivity contribution >= 4 is 18.3 Å². The maximum atomic E-state index is 12.0. The fraction of sp³-hybridized carbons (Fsp3) is 0.923. The maximum Gasteiger partial charge on any atom is 0.223 e. The van der Waals surface area contributed by atoms with Crippen LogP contribution in [0.3, 0.4) is 0 Å². The normalized spacial score (nSPS) is 36.4. The monoisotopic (exact) mass is 258 g/mol. The SMILES string of the molecule is Cl.NC(CNC(=O)C1C2CCCCC21)C1CC1. The minimum atomic E-state index is 0. The van der Waals surface area contributed by atoms with Crippen molar-refractivity contribution in [3.63, 3.8) is 0 Å². The molecule has 17 heavy (non-hydrogen) atoms. The highest BCUT2D eigenvalue weighted by atomic mass is 35.5. The zero-order valence-corrected chi connectivity index (χ0v) is 11.0. The van der Waals surface area contributed by atoms with Crippen LogP contribution in [0.4, 0.5) is 0 Å². The zero-order chi connectivity index (χ0) is 11.1. The second-order valence-corrected chi connectivity index (χ2v) is 5.88. The van der Waals surface area contributed by atoms with Gasteiger partial charge in [-0.15, -0.1) is 12.4 Å². The lowest BCUT2D eigenvalue weighted by atomic mass is 10.0. The maximum absolute atomic E-state index is 12.0. The van der Waals surface area contributed by atoms with Crippen LogP contribution in [-0.2, 0) is 4.79 Å². The van der Waals surface area contributed by atoms with Crippen molar-refractivity contribution in [3.8, 4) is 0 Å². The molecule has 0 bridgehead atoms. The molecule has 3 saturated carbocycles. The Balaban J connectivity index is 0.00000108. The second kappa shape index (κ2) is 5.15. The summed E-state index contributed by atoms with van der Waals surface area (Å²) >= 11 is 0. The average molecular weight is 259 g/mol. The van der Waals surface area contributed by atoms with Crippen molar-refractivity contribution < 1.29 is 4.79 Å². The van der Waals surface area contributed by atoms with Crippen molar-refractivity contribution in [1.29, 1.82) is 0 Å². The molecule has 3 rings (SSSR count). The molecule has 0 aromatic rings. The van der Waals surface area contributed by atoms with E-state index in [0.29, 0.717) is 30.2 Å². The van der Waals surface area contributed by atoms with E-state index >= 15 is 0 Å². The number of nitrogens with one attached hydrogen (secondary N) is 1. The molecule has 0 saturated heterocycles. The lowest BCUT2D eigenvalue weighted by Gasteiger charge is -2.11. The fourth-order valence-electron chi connectivity index (χ4n) is 3.41. The molecule has 0 spiro atoms. The molecule has 4 heteroatoms. The van der Waals surface area contributed by atoms with Crippen LogP contribution < -0.4 is 11.1 Å². The van der Waals surface area contributed by atoms with Crippen LogP contribution in [0.5, 0.6) is 0 Å². The van der Waals surface area contributed by atoms with Crippen LogP contribution in [0, 0.1) is 23.7 Å². The zero-order valence-electron chi connectivity index (χ0n) is 10.2. The van der Waals surface area contributed by atoms with Crippen molar-refractivity contribution in [2.45, 2.75) is 44.6 Å². The molecule has 0 heterocycles. The number of carbonyl (C=O) groups is 1. The third kappa shape index (κ3) is 2.76. The minimum absolute atomic E-state index is 0. The van der Waals surface area contributed by atoms with Gasteiger partial charge in [-0.2, -0.15) is 0 Å². The first-order chi connectivity index (χ1) is 7.77. The number of halogens is 1. The van der Waals surface area contributed by atoms with Crippen LogP contribution in [0.15, 0.2) is 0 Å². The highest BCUT2D eigenvalue weighted by molar-refractivity contribution is 5.85. The summed E-state index contributed by atoms with van der Waals surface area (Å²) in [6.07, 6.45) is 7.71. The van der Waals surface area contributed by atoms with Crippen molar-refractivity contribution in [2.24, 2.45) is 29.4 Å². The van der Waals surface area contributed by atoms with E-state index in [1.54, 1.807) is 0 Å². The van der Waals surface area contributed by atoms with E-state index in [1.807, 2.05) is 0 Å². The van der Waals surface area contributed by atoms with E-state index in [0.717, 1.165) is 0 Å². The van der Waals surface area contributed by atoms with Crippen LogP contribution in [-0.4, -0.2) is 18.5 Å². The first-order valence-corrected chi connectivity index (χ1v) is 6.80. The van der Waals surface area contributed by atoms with E-state index in [-0.39, 0.29) is 24.4 Å². The number of fused-ring (bicyclic) bond motifs is 1. The molecule has 3 aliphatic carbocycles. The average Bonchev–Trinajstić information content (AvgIpc) is 3.16. The van der Waals surface area contributed by atoms with E-state index in [1.165, 1.54) is 38.5 Å². The molecule has 3 atom stereocenters. The highest BCUT2D eigenvalue weighted by Crippen LogP contribution is 2.55. The van der Waals surface area contributed by atoms with Gasteiger partial charge in [0.25, 0.3) is 0 Å². The summed E-state index contributed by atoms with van der Waals surface area (Å²) in [5, 5.41) is 3.06. The van der Waals surface area contributed by atoms with Crippen LogP contribution in [0.1, 0.15) is 38.5 Å². The first-order valence-electron chi connectivity index (χ1n) is 6.80. The molecule has 98 valence electrons. The quantitative estimate of drug-likeness (QED) is 0.807. The Morgan fingerprint density at radius 2 is 1.76 bits per heavy atom. The third-order valence-corrected chi connectivity index (χ3v) is 4.70. The summed E-state index contributed by atoms with van der Waals surface area (Å²) in [4.78, 5) is 12.0. The van der Waals surface area contributed by atoms with E-state index in [2.05, 4.69) is 5.32 Å². The number of carbonyl (C=O) groups excluding carboxylic acids is 1. The molecule has 0 aliphatic heterocycles. The highest BCUT2D eigenvalue weighted by Gasteiger charge is 2.54. The number of rotatable bonds is 4. The molecule has 3 aliphatic rings. The molecule has 0 aromatic heterocycles. The minimum Gasteiger partial charge on any atom is -0.354 e. The molecule has 0 aromatic carbocycles. The Kier molecular flexibility index (Phi) is 3.99. The predicted molar refractivity (Wildman–Crippen MR) is 69.9 cm³/mol. The number of amides is 1. The van der Waals surface area contributed by atoms with E-state index in [9.17, 15) is 4.79 Å². The van der Waals surface area contributed by atoms with Crippen LogP contribution in [0.25, 0.3) is 0 Å². The molecule has 3 nitrogen and oxygen atoms in total. The Labute approximate surface area is 109 Å². The van der Waals surface area contributed by atoms with Gasteiger partial charge in [-0.25, -0.2) is 0 Å². The van der Waals surface area contributed by atoms with Gasteiger partial charge < -0.3 is 11.1 Å². The summed E-state index contributed by atoms with van der Waals surface area (Å²) in [5.41, 5.74) is 5.98. The molecule has 3 fully saturated rings. The molecule has 3 unspecified atom stereocenters. The van der Waals surface area contributed by atoms with Crippen LogP contribution in [0.2, 0.25) is 0 Å². The Morgan fingerprint density at radius 3 is 2.29 bits per heavy atom. The van der Waals surface area contributed by atoms with Crippen molar-refractivity contribution in [2.75, 3.05) is 6.54 Å². The van der Waals surface area contributed by atoms with Gasteiger partial charge in [-0.3, -0.25) is 4.79 Å². The van der Waals surface area contributed by atoms with Gasteiger partial charge in [0, 0.05) is 18.5 Å². The largest absolute Gasteiger partial charge is 0.354 e. The number of nitrogens with two attached hydrogens (primary N) is 1. The number of hydrogen-bond donors (Lipinski definition) is 2. The number of hydrogen-bond acceptors (Lipinski definition) is 2. The van der Waals surface area contributed by atoms with Crippen molar-refractivity contribution in [1.82, 2.24) is 5.32 Å². The van der Waals surface area contributed by atoms with Gasteiger partial charge in [0.05, 0.1) is 0 Å². The van der Waals surface area contributed by atoms with Gasteiger partial charge in [0.2, 0.25) is 5.91 Å². The second-order valence-electron chi connectivity index (χ2n) is 5.88. The van der Waals surface area contributed by atoms with Gasteiger partial charge in [-0.1, -0.05) is 12.8 Å². The molecule has 1 amide bonds. The van der Waals surface area contributed by atoms with Gasteiger partial charge in [-0.05, 0) is 43.4 Å². The third-order valence-electron chi connectivity index (χ3n) is 4.70. The van der Waals surface area contributed by atoms with E-state index in [4.69, 9.17) is 5.73 Å². The topological polar surface area (TPSA) is 55.1 Å². The first kappa shape index (κ1) is 13.2. The van der Waals surface area contributed by atoms with Crippen molar-refractivity contribution in [3.05, 3.63) is 0 Å². The fourth-order valence-corrected chi connectivity index (χ4v) is 3.41. The van der Waals surface area contributed by atoms with Gasteiger partial charge >= 0.3 is 0 Å². The summed E-state index contributed by atoms with van der Waals surface area (Å²) in [7, 11) is 0. The summed E-state index contributed by atoms with van der Waals surface area (Å²) in [6.45, 7) is 0.694. The molecular weight excluding hydrogens is 236 g/mol. The summed E-state index contributed by atoms with van der Waals surface area (Å²) in [5.74, 6) is 2.74. The standard InChI is InChI=1S/C13H22N2O.ClH/c14-11(8-5-6-8)7-15-13(16)12-9-3-1-2-4-10(9)12;/h8-12H,1-7,14H2,(H,15,16);1H. The lowest BCUT2D eigenvalue weighted by Crippen LogP contribution is -2.39. The molecular formula is C13H23ClN2O.